The fraction of sp³-hybridized carbons (Fsp3) is 0.696. The predicted molar refractivity (Wildman–Crippen MR) is 110 cm³/mol. The van der Waals surface area contributed by atoms with Crippen molar-refractivity contribution in [3.63, 3.8) is 0 Å². The lowest BCUT2D eigenvalue weighted by atomic mass is 9.62. The molecule has 152 valence electrons. The van der Waals surface area contributed by atoms with Gasteiger partial charge in [0.15, 0.2) is 0 Å². The molecular formula is C23H37NO3. The van der Waals surface area contributed by atoms with E-state index in [2.05, 4.69) is 70.1 Å². The highest BCUT2D eigenvalue weighted by atomic mass is 16.5. The molecule has 1 N–H and O–H groups in total. The molecule has 0 saturated heterocycles. The Labute approximate surface area is 164 Å². The molecule has 1 aromatic carbocycles. The van der Waals surface area contributed by atoms with Crippen molar-refractivity contribution in [2.75, 3.05) is 27.2 Å². The summed E-state index contributed by atoms with van der Waals surface area (Å²) in [5.41, 5.74) is 1.84. The monoisotopic (exact) mass is 375 g/mol. The maximum absolute atomic E-state index is 9.37. The molecule has 2 saturated carbocycles. The average Bonchev–Trinajstić information content (AvgIpc) is 2.95. The minimum absolute atomic E-state index is 0.114. The van der Waals surface area contributed by atoms with E-state index in [4.69, 9.17) is 9.84 Å². The van der Waals surface area contributed by atoms with Gasteiger partial charge in [-0.2, -0.15) is 0 Å². The number of carbonyl (C=O) groups is 1. The third-order valence-electron chi connectivity index (χ3n) is 7.29. The summed E-state index contributed by atoms with van der Waals surface area (Å²) in [6.45, 7) is 10.8. The molecule has 0 aliphatic heterocycles. The zero-order chi connectivity index (χ0) is 20.3. The van der Waals surface area contributed by atoms with Crippen molar-refractivity contribution in [1.29, 1.82) is 0 Å². The first-order valence-electron chi connectivity index (χ1n) is 10.2. The molecule has 0 unspecified atom stereocenters. The molecular weight excluding hydrogens is 338 g/mol. The molecule has 0 radical (unpaired) electrons. The second-order valence-electron chi connectivity index (χ2n) is 9.09. The maximum atomic E-state index is 9.37. The lowest BCUT2D eigenvalue weighted by Gasteiger charge is -2.49. The van der Waals surface area contributed by atoms with E-state index in [1.54, 1.807) is 6.92 Å². The van der Waals surface area contributed by atoms with E-state index in [-0.39, 0.29) is 17.4 Å². The van der Waals surface area contributed by atoms with Crippen molar-refractivity contribution in [1.82, 2.24) is 4.90 Å². The molecule has 0 aromatic heterocycles. The molecule has 2 aliphatic rings. The van der Waals surface area contributed by atoms with Crippen LogP contribution in [-0.2, 0) is 15.1 Å². The zero-order valence-corrected chi connectivity index (χ0v) is 17.9. The van der Waals surface area contributed by atoms with Gasteiger partial charge in [0, 0.05) is 18.4 Å². The molecule has 3 rings (SSSR count). The summed E-state index contributed by atoms with van der Waals surface area (Å²) < 4.78 is 6.72. The molecule has 1 aromatic rings. The van der Waals surface area contributed by atoms with E-state index in [0.717, 1.165) is 19.1 Å². The van der Waals surface area contributed by atoms with E-state index in [1.807, 2.05) is 0 Å². The smallest absolute Gasteiger partial charge is 0.303 e. The van der Waals surface area contributed by atoms with Gasteiger partial charge in [0.2, 0.25) is 0 Å². The molecule has 27 heavy (non-hydrogen) atoms. The second kappa shape index (κ2) is 8.32. The van der Waals surface area contributed by atoms with Gasteiger partial charge in [0.25, 0.3) is 0 Å². The van der Waals surface area contributed by atoms with Gasteiger partial charge in [0.05, 0.1) is 12.2 Å². The Morgan fingerprint density at radius 2 is 1.81 bits per heavy atom. The molecule has 3 atom stereocenters. The Morgan fingerprint density at radius 3 is 2.22 bits per heavy atom. The van der Waals surface area contributed by atoms with Gasteiger partial charge < -0.3 is 14.7 Å². The molecule has 2 aliphatic carbocycles. The fourth-order valence-corrected chi connectivity index (χ4v) is 5.10. The normalized spacial score (nSPS) is 30.9. The minimum Gasteiger partial charge on any atom is -0.481 e. The summed E-state index contributed by atoms with van der Waals surface area (Å²) in [7, 11) is 4.23. The number of aliphatic carboxylic acids is 1. The number of rotatable bonds is 6. The number of hydrogen-bond donors (Lipinski definition) is 1. The summed E-state index contributed by atoms with van der Waals surface area (Å²) in [4.78, 5) is 11.6. The molecule has 0 amide bonds. The molecule has 2 fully saturated rings. The van der Waals surface area contributed by atoms with Gasteiger partial charge >= 0.3 is 5.97 Å². The third-order valence-corrected chi connectivity index (χ3v) is 7.29. The third kappa shape index (κ3) is 3.93. The molecule has 0 spiro atoms. The van der Waals surface area contributed by atoms with Crippen LogP contribution in [0.15, 0.2) is 30.3 Å². The van der Waals surface area contributed by atoms with Crippen LogP contribution in [0.3, 0.4) is 0 Å². The first kappa shape index (κ1) is 21.9. The van der Waals surface area contributed by atoms with E-state index >= 15 is 0 Å². The number of carboxylic acid groups (broad SMARTS) is 1. The van der Waals surface area contributed by atoms with Crippen LogP contribution < -0.4 is 0 Å². The highest BCUT2D eigenvalue weighted by Gasteiger charge is 2.69. The SMILES string of the molecule is CCC(=O)O.CN(C)CCO[C@]1(c2ccccc2)C[C@H]2CC[C@]1(C)C2(C)C. The highest BCUT2D eigenvalue weighted by molar-refractivity contribution is 5.66. The van der Waals surface area contributed by atoms with Gasteiger partial charge in [-0.05, 0) is 50.3 Å². The first-order valence-corrected chi connectivity index (χ1v) is 10.2. The highest BCUT2D eigenvalue weighted by Crippen LogP contribution is 2.73. The van der Waals surface area contributed by atoms with E-state index in [1.165, 1.54) is 24.8 Å². The Hall–Kier alpha value is -1.39. The lowest BCUT2D eigenvalue weighted by molar-refractivity contribution is -0.148. The van der Waals surface area contributed by atoms with Crippen molar-refractivity contribution in [2.24, 2.45) is 16.7 Å². The largest absolute Gasteiger partial charge is 0.481 e. The summed E-state index contributed by atoms with van der Waals surface area (Å²) in [5, 5.41) is 7.72. The fourth-order valence-electron chi connectivity index (χ4n) is 5.10. The molecule has 4 nitrogen and oxygen atoms in total. The molecule has 0 heterocycles. The van der Waals surface area contributed by atoms with E-state index in [9.17, 15) is 4.79 Å². The summed E-state index contributed by atoms with van der Waals surface area (Å²) in [6, 6.07) is 11.0. The zero-order valence-electron chi connectivity index (χ0n) is 17.9. The van der Waals surface area contributed by atoms with Crippen molar-refractivity contribution in [2.45, 2.75) is 59.0 Å². The van der Waals surface area contributed by atoms with Crippen LogP contribution in [-0.4, -0.2) is 43.2 Å². The Kier molecular flexibility index (Phi) is 6.75. The van der Waals surface area contributed by atoms with Crippen LogP contribution in [0.5, 0.6) is 0 Å². The van der Waals surface area contributed by atoms with Gasteiger partial charge in [0.1, 0.15) is 0 Å². The predicted octanol–water partition coefficient (Wildman–Crippen LogP) is 4.79. The quantitative estimate of drug-likeness (QED) is 0.777. The Bertz CT molecular complexity index is 628. The summed E-state index contributed by atoms with van der Waals surface area (Å²) >= 11 is 0. The van der Waals surface area contributed by atoms with Crippen molar-refractivity contribution in [3.8, 4) is 0 Å². The van der Waals surface area contributed by atoms with Crippen molar-refractivity contribution < 1.29 is 14.6 Å². The standard InChI is InChI=1S/C20H31NO.C3H6O2/c1-18(2)17-11-12-19(18,3)20(15-17,22-14-13-21(4)5)16-9-7-6-8-10-16;1-2-3(4)5/h6-10,17H,11-15H2,1-5H3;2H2,1H3,(H,4,5)/t17-,19-,20+;/m1./s1. The van der Waals surface area contributed by atoms with Gasteiger partial charge in [-0.25, -0.2) is 0 Å². The van der Waals surface area contributed by atoms with Crippen LogP contribution in [0.25, 0.3) is 0 Å². The van der Waals surface area contributed by atoms with E-state index < -0.39 is 5.97 Å². The van der Waals surface area contributed by atoms with Crippen molar-refractivity contribution >= 4 is 5.97 Å². The van der Waals surface area contributed by atoms with Crippen molar-refractivity contribution in [3.05, 3.63) is 35.9 Å². The molecule has 2 bridgehead atoms. The van der Waals surface area contributed by atoms with Gasteiger partial charge in [-0.3, -0.25) is 4.79 Å². The maximum Gasteiger partial charge on any atom is 0.303 e. The van der Waals surface area contributed by atoms with Crippen LogP contribution in [0.1, 0.15) is 58.9 Å². The van der Waals surface area contributed by atoms with Gasteiger partial charge in [-0.15, -0.1) is 0 Å². The Morgan fingerprint density at radius 1 is 1.22 bits per heavy atom. The van der Waals surface area contributed by atoms with Gasteiger partial charge in [-0.1, -0.05) is 58.0 Å². The lowest BCUT2D eigenvalue weighted by Crippen LogP contribution is -2.47. The molecule has 4 heteroatoms. The number of hydrogen-bond acceptors (Lipinski definition) is 3. The minimum atomic E-state index is -0.745. The first-order chi connectivity index (χ1) is 12.6. The number of carboxylic acids is 1. The van der Waals surface area contributed by atoms with Crippen LogP contribution in [0.4, 0.5) is 0 Å². The average molecular weight is 376 g/mol. The van der Waals surface area contributed by atoms with E-state index in [0.29, 0.717) is 5.41 Å². The topological polar surface area (TPSA) is 49.8 Å². The summed E-state index contributed by atoms with van der Waals surface area (Å²) in [6.07, 6.45) is 4.03. The number of benzene rings is 1. The summed E-state index contributed by atoms with van der Waals surface area (Å²) in [5.74, 6) is 0.0297. The number of ether oxygens (including phenoxy) is 1. The van der Waals surface area contributed by atoms with Crippen LogP contribution in [0.2, 0.25) is 0 Å². The van der Waals surface area contributed by atoms with Crippen LogP contribution >= 0.6 is 0 Å². The second-order valence-corrected chi connectivity index (χ2v) is 9.09. The Balaban J connectivity index is 0.000000465. The van der Waals surface area contributed by atoms with Crippen LogP contribution in [0, 0.1) is 16.7 Å². The number of nitrogens with zero attached hydrogens (tertiary/aromatic N) is 1. The number of fused-ring (bicyclic) bond motifs is 2. The number of likely N-dealkylation sites (N-methyl/N-ethyl adjacent to an activating group) is 1.